The van der Waals surface area contributed by atoms with Gasteiger partial charge in [0.25, 0.3) is 5.91 Å². The van der Waals surface area contributed by atoms with Crippen LogP contribution in [0.3, 0.4) is 0 Å². The Labute approximate surface area is 121 Å². The van der Waals surface area contributed by atoms with E-state index in [1.165, 1.54) is 6.07 Å². The van der Waals surface area contributed by atoms with E-state index in [2.05, 4.69) is 33.1 Å². The van der Waals surface area contributed by atoms with Crippen LogP contribution < -0.4 is 5.32 Å². The van der Waals surface area contributed by atoms with E-state index in [0.717, 1.165) is 32.5 Å². The molecule has 1 saturated heterocycles. The van der Waals surface area contributed by atoms with Crippen molar-refractivity contribution in [3.8, 4) is 0 Å². The molecule has 1 amide bonds. The number of nitrogens with one attached hydrogen (secondary N) is 1. The van der Waals surface area contributed by atoms with Crippen molar-refractivity contribution >= 4 is 21.8 Å². The van der Waals surface area contributed by atoms with Gasteiger partial charge in [-0.3, -0.25) is 4.79 Å². The summed E-state index contributed by atoms with van der Waals surface area (Å²) in [4.78, 5) is 14.4. The zero-order valence-electron chi connectivity index (χ0n) is 11.0. The molecule has 1 aliphatic heterocycles. The molecule has 104 valence electrons. The highest BCUT2D eigenvalue weighted by molar-refractivity contribution is 9.10. The quantitative estimate of drug-likeness (QED) is 0.925. The fourth-order valence-corrected chi connectivity index (χ4v) is 2.55. The van der Waals surface area contributed by atoms with E-state index in [0.29, 0.717) is 10.0 Å². The predicted molar refractivity (Wildman–Crippen MR) is 76.7 cm³/mol. The second-order valence-electron chi connectivity index (χ2n) is 4.81. The number of hydrogen-bond donors (Lipinski definition) is 1. The van der Waals surface area contributed by atoms with Gasteiger partial charge in [0.1, 0.15) is 5.82 Å². The summed E-state index contributed by atoms with van der Waals surface area (Å²) in [5.41, 5.74) is 0.374. The SMILES string of the molecule is CCN1CCC(NC(=O)c2ccc(Br)c(F)c2)CC1. The summed E-state index contributed by atoms with van der Waals surface area (Å²) < 4.78 is 13.8. The number of carbonyl (C=O) groups excluding carboxylic acids is 1. The molecule has 3 nitrogen and oxygen atoms in total. The van der Waals surface area contributed by atoms with Crippen molar-refractivity contribution in [1.82, 2.24) is 10.2 Å². The number of likely N-dealkylation sites (tertiary alicyclic amines) is 1. The summed E-state index contributed by atoms with van der Waals surface area (Å²) in [6, 6.07) is 4.65. The molecule has 19 heavy (non-hydrogen) atoms. The molecule has 0 radical (unpaired) electrons. The lowest BCUT2D eigenvalue weighted by Crippen LogP contribution is -2.44. The zero-order chi connectivity index (χ0) is 13.8. The standard InChI is InChI=1S/C14H18BrFN2O/c1-2-18-7-5-11(6-8-18)17-14(19)10-3-4-12(15)13(16)9-10/h3-4,9,11H,2,5-8H2,1H3,(H,17,19). The summed E-state index contributed by atoms with van der Waals surface area (Å²) in [5.74, 6) is -0.602. The summed E-state index contributed by atoms with van der Waals surface area (Å²) in [6.07, 6.45) is 1.91. The van der Waals surface area contributed by atoms with Crippen molar-refractivity contribution in [1.29, 1.82) is 0 Å². The lowest BCUT2D eigenvalue weighted by atomic mass is 10.0. The number of benzene rings is 1. The van der Waals surface area contributed by atoms with Crippen molar-refractivity contribution in [3.05, 3.63) is 34.1 Å². The highest BCUT2D eigenvalue weighted by Gasteiger charge is 2.20. The third kappa shape index (κ3) is 3.76. The first-order valence-corrected chi connectivity index (χ1v) is 7.37. The minimum atomic E-state index is -0.409. The Morgan fingerprint density at radius 3 is 2.74 bits per heavy atom. The summed E-state index contributed by atoms with van der Waals surface area (Å²) in [5, 5.41) is 2.98. The maximum absolute atomic E-state index is 13.4. The topological polar surface area (TPSA) is 32.3 Å². The van der Waals surface area contributed by atoms with Crippen LogP contribution in [0.4, 0.5) is 4.39 Å². The lowest BCUT2D eigenvalue weighted by molar-refractivity contribution is 0.0912. The number of carbonyl (C=O) groups is 1. The van der Waals surface area contributed by atoms with Gasteiger partial charge in [-0.15, -0.1) is 0 Å². The number of hydrogen-bond acceptors (Lipinski definition) is 2. The van der Waals surface area contributed by atoms with Gasteiger partial charge in [-0.2, -0.15) is 0 Å². The average molecular weight is 329 g/mol. The van der Waals surface area contributed by atoms with Crippen molar-refractivity contribution in [2.45, 2.75) is 25.8 Å². The number of amides is 1. The van der Waals surface area contributed by atoms with Crippen LogP contribution in [0.15, 0.2) is 22.7 Å². The van der Waals surface area contributed by atoms with Gasteiger partial charge in [0, 0.05) is 24.7 Å². The Balaban J connectivity index is 1.92. The first kappa shape index (κ1) is 14.5. The third-order valence-corrected chi connectivity index (χ3v) is 4.19. The molecule has 5 heteroatoms. The van der Waals surface area contributed by atoms with Gasteiger partial charge in [-0.05, 0) is 53.5 Å². The van der Waals surface area contributed by atoms with Crippen LogP contribution in [0, 0.1) is 5.82 Å². The number of piperidine rings is 1. The normalized spacial score (nSPS) is 17.4. The van der Waals surface area contributed by atoms with Crippen molar-refractivity contribution < 1.29 is 9.18 Å². The molecule has 0 unspecified atom stereocenters. The van der Waals surface area contributed by atoms with E-state index in [4.69, 9.17) is 0 Å². The fraction of sp³-hybridized carbons (Fsp3) is 0.500. The number of nitrogens with zero attached hydrogens (tertiary/aromatic N) is 1. The molecule has 0 aromatic heterocycles. The van der Waals surface area contributed by atoms with Crippen LogP contribution in [0.5, 0.6) is 0 Å². The molecular formula is C14H18BrFN2O. The van der Waals surface area contributed by atoms with E-state index in [-0.39, 0.29) is 11.9 Å². The van der Waals surface area contributed by atoms with Crippen molar-refractivity contribution in [2.75, 3.05) is 19.6 Å². The van der Waals surface area contributed by atoms with Crippen molar-refractivity contribution in [2.24, 2.45) is 0 Å². The van der Waals surface area contributed by atoms with Gasteiger partial charge >= 0.3 is 0 Å². The maximum Gasteiger partial charge on any atom is 0.251 e. The van der Waals surface area contributed by atoms with Crippen LogP contribution in [0.1, 0.15) is 30.1 Å². The van der Waals surface area contributed by atoms with Crippen LogP contribution >= 0.6 is 15.9 Å². The monoisotopic (exact) mass is 328 g/mol. The van der Waals surface area contributed by atoms with E-state index in [1.54, 1.807) is 12.1 Å². The highest BCUT2D eigenvalue weighted by Crippen LogP contribution is 2.17. The first-order valence-electron chi connectivity index (χ1n) is 6.58. The minimum Gasteiger partial charge on any atom is -0.349 e. The Kier molecular flexibility index (Phi) is 4.93. The fourth-order valence-electron chi connectivity index (χ4n) is 2.30. The molecular weight excluding hydrogens is 311 g/mol. The molecule has 1 heterocycles. The van der Waals surface area contributed by atoms with Crippen molar-refractivity contribution in [3.63, 3.8) is 0 Å². The second-order valence-corrected chi connectivity index (χ2v) is 5.67. The molecule has 1 aromatic rings. The predicted octanol–water partition coefficient (Wildman–Crippen LogP) is 2.80. The van der Waals surface area contributed by atoms with Crippen LogP contribution in [-0.4, -0.2) is 36.5 Å². The lowest BCUT2D eigenvalue weighted by Gasteiger charge is -2.31. The largest absolute Gasteiger partial charge is 0.349 e. The van der Waals surface area contributed by atoms with E-state index in [9.17, 15) is 9.18 Å². The Morgan fingerprint density at radius 1 is 1.47 bits per heavy atom. The van der Waals surface area contributed by atoms with Crippen LogP contribution in [0.25, 0.3) is 0 Å². The summed E-state index contributed by atoms with van der Waals surface area (Å²) in [7, 11) is 0. The number of rotatable bonds is 3. The average Bonchev–Trinajstić information content (AvgIpc) is 2.42. The highest BCUT2D eigenvalue weighted by atomic mass is 79.9. The van der Waals surface area contributed by atoms with Gasteiger partial charge in [0.05, 0.1) is 4.47 Å². The molecule has 0 spiro atoms. The summed E-state index contributed by atoms with van der Waals surface area (Å²) in [6.45, 7) is 5.22. The maximum atomic E-state index is 13.4. The minimum absolute atomic E-state index is 0.193. The van der Waals surface area contributed by atoms with Gasteiger partial charge in [0.15, 0.2) is 0 Å². The molecule has 1 aliphatic rings. The van der Waals surface area contributed by atoms with Gasteiger partial charge in [-0.1, -0.05) is 6.92 Å². The third-order valence-electron chi connectivity index (χ3n) is 3.55. The van der Waals surface area contributed by atoms with Gasteiger partial charge in [-0.25, -0.2) is 4.39 Å². The van der Waals surface area contributed by atoms with E-state index >= 15 is 0 Å². The molecule has 0 aliphatic carbocycles. The summed E-state index contributed by atoms with van der Waals surface area (Å²) >= 11 is 3.08. The second kappa shape index (κ2) is 6.48. The van der Waals surface area contributed by atoms with Crippen LogP contribution in [-0.2, 0) is 0 Å². The molecule has 1 fully saturated rings. The Bertz CT molecular complexity index is 459. The Morgan fingerprint density at radius 2 is 2.16 bits per heavy atom. The first-order chi connectivity index (χ1) is 9.10. The molecule has 0 atom stereocenters. The molecule has 1 aromatic carbocycles. The molecule has 0 bridgehead atoms. The van der Waals surface area contributed by atoms with Crippen LogP contribution in [0.2, 0.25) is 0 Å². The molecule has 0 saturated carbocycles. The number of halogens is 2. The van der Waals surface area contributed by atoms with Gasteiger partial charge in [0.2, 0.25) is 0 Å². The van der Waals surface area contributed by atoms with E-state index in [1.807, 2.05) is 0 Å². The van der Waals surface area contributed by atoms with Gasteiger partial charge < -0.3 is 10.2 Å². The van der Waals surface area contributed by atoms with E-state index < -0.39 is 5.82 Å². The smallest absolute Gasteiger partial charge is 0.251 e. The molecule has 2 rings (SSSR count). The molecule has 1 N–H and O–H groups in total. The Hall–Kier alpha value is -0.940. The zero-order valence-corrected chi connectivity index (χ0v) is 12.5.